The van der Waals surface area contributed by atoms with Crippen LogP contribution in [0.15, 0.2) is 89.2 Å². The van der Waals surface area contributed by atoms with Crippen LogP contribution in [0.2, 0.25) is 0 Å². The Morgan fingerprint density at radius 2 is 1.35 bits per heavy atom. The molecule has 0 aliphatic carbocycles. The lowest BCUT2D eigenvalue weighted by Crippen LogP contribution is -2.50. The summed E-state index contributed by atoms with van der Waals surface area (Å²) in [5.74, 6) is -1.38. The Bertz CT molecular complexity index is 2970. The molecule has 8 amide bonds. The molecule has 0 saturated carbocycles. The number of imide groups is 1. The van der Waals surface area contributed by atoms with Crippen LogP contribution in [0.25, 0.3) is 0 Å². The molecule has 22 nitrogen and oxygen atoms in total. The van der Waals surface area contributed by atoms with E-state index in [9.17, 15) is 43.5 Å². The fourth-order valence-corrected chi connectivity index (χ4v) is 9.58. The molecule has 8 rings (SSSR count). The van der Waals surface area contributed by atoms with Crippen molar-refractivity contribution in [1.29, 1.82) is 0 Å². The predicted molar refractivity (Wildman–Crippen MR) is 300 cm³/mol. The van der Waals surface area contributed by atoms with Gasteiger partial charge in [-0.2, -0.15) is 0 Å². The number of fused-ring (bicyclic) bond motifs is 4. The van der Waals surface area contributed by atoms with Gasteiger partial charge in [0.1, 0.15) is 12.6 Å². The van der Waals surface area contributed by atoms with Gasteiger partial charge in [-0.25, -0.2) is 9.69 Å². The van der Waals surface area contributed by atoms with E-state index < -0.39 is 42.1 Å². The van der Waals surface area contributed by atoms with E-state index in [-0.39, 0.29) is 85.1 Å². The van der Waals surface area contributed by atoms with Crippen molar-refractivity contribution >= 4 is 70.7 Å². The molecule has 3 aromatic carbocycles. The highest BCUT2D eigenvalue weighted by Crippen LogP contribution is 2.43. The minimum Gasteiger partial charge on any atom is -0.493 e. The number of aliphatic hydroxyl groups is 1. The SMILES string of the molecule is CCC.COc1cc2c(cc1OCCCCCOc1cc3c(cc1OC)C(=O)N1C=C(C)CC1C(O)N3C(=O)OCc1ccc(NC(=O)C(C)NC(=O)CNC(=O)CCCCCN3C(=O)C=CC3=O)cc1)N=CC1CC(C)=CN1C2=O. The minimum atomic E-state index is -1.51. The van der Waals surface area contributed by atoms with Gasteiger partial charge in [0.25, 0.3) is 23.6 Å². The number of hydrogen-bond donors (Lipinski definition) is 4. The number of benzene rings is 3. The molecule has 0 bridgehead atoms. The van der Waals surface area contributed by atoms with Gasteiger partial charge in [0.2, 0.25) is 17.7 Å². The second-order valence-corrected chi connectivity index (χ2v) is 20.3. The molecule has 4 N–H and O–H groups in total. The number of rotatable bonds is 23. The zero-order valence-electron chi connectivity index (χ0n) is 46.9. The first-order valence-corrected chi connectivity index (χ1v) is 27.3. The number of amides is 8. The van der Waals surface area contributed by atoms with Crippen molar-refractivity contribution in [2.45, 2.75) is 130 Å². The van der Waals surface area contributed by atoms with Crippen LogP contribution in [-0.4, -0.2) is 138 Å². The van der Waals surface area contributed by atoms with E-state index in [1.54, 1.807) is 53.7 Å². The monoisotopic (exact) mass is 1120 g/mol. The summed E-state index contributed by atoms with van der Waals surface area (Å²) in [5, 5.41) is 19.6. The molecule has 0 fully saturated rings. The normalized spacial score (nSPS) is 18.0. The topological polar surface area (TPSA) is 264 Å². The number of nitrogens with one attached hydrogen (secondary N) is 3. The molecule has 5 heterocycles. The molecular formula is C59H72N8O14. The van der Waals surface area contributed by atoms with Crippen LogP contribution >= 0.6 is 0 Å². The molecular weight excluding hydrogens is 1040 g/mol. The number of ether oxygens (including phenoxy) is 5. The van der Waals surface area contributed by atoms with Gasteiger partial charge in [-0.05, 0) is 95.5 Å². The summed E-state index contributed by atoms with van der Waals surface area (Å²) in [6.45, 7) is 9.83. The fourth-order valence-electron chi connectivity index (χ4n) is 9.58. The van der Waals surface area contributed by atoms with Crippen molar-refractivity contribution in [2.24, 2.45) is 4.99 Å². The number of hydrogen-bond acceptors (Lipinski definition) is 15. The van der Waals surface area contributed by atoms with Crippen molar-refractivity contribution in [3.63, 3.8) is 0 Å². The average Bonchev–Trinajstić information content (AvgIpc) is 4.13. The largest absolute Gasteiger partial charge is 0.493 e. The number of unbranched alkanes of at least 4 members (excludes halogenated alkanes) is 4. The number of anilines is 2. The first-order chi connectivity index (χ1) is 38.9. The van der Waals surface area contributed by atoms with Crippen LogP contribution in [0, 0.1) is 0 Å². The quantitative estimate of drug-likeness (QED) is 0.0540. The van der Waals surface area contributed by atoms with Crippen LogP contribution in [0.4, 0.5) is 21.9 Å². The molecule has 0 radical (unpaired) electrons. The molecule has 0 aromatic heterocycles. The maximum Gasteiger partial charge on any atom is 0.416 e. The van der Waals surface area contributed by atoms with E-state index >= 15 is 0 Å². The molecule has 81 heavy (non-hydrogen) atoms. The Morgan fingerprint density at radius 1 is 0.741 bits per heavy atom. The summed E-state index contributed by atoms with van der Waals surface area (Å²) in [6.07, 6.45) is 11.3. The van der Waals surface area contributed by atoms with Gasteiger partial charge in [0, 0.05) is 61.6 Å². The highest BCUT2D eigenvalue weighted by Gasteiger charge is 2.45. The van der Waals surface area contributed by atoms with Crippen LogP contribution in [-0.2, 0) is 35.3 Å². The van der Waals surface area contributed by atoms with E-state index in [2.05, 4.69) is 34.8 Å². The summed E-state index contributed by atoms with van der Waals surface area (Å²) in [6, 6.07) is 10.9. The van der Waals surface area contributed by atoms with Gasteiger partial charge in [0.15, 0.2) is 29.2 Å². The molecule has 4 atom stereocenters. The van der Waals surface area contributed by atoms with Crippen molar-refractivity contribution in [3.05, 3.63) is 101 Å². The Morgan fingerprint density at radius 3 is 2.01 bits per heavy atom. The van der Waals surface area contributed by atoms with Crippen LogP contribution in [0.3, 0.4) is 0 Å². The molecule has 5 aliphatic rings. The van der Waals surface area contributed by atoms with Crippen molar-refractivity contribution in [3.8, 4) is 23.0 Å². The molecule has 4 unspecified atom stereocenters. The third-order valence-corrected chi connectivity index (χ3v) is 13.7. The molecule has 3 aromatic rings. The van der Waals surface area contributed by atoms with Gasteiger partial charge in [-0.3, -0.25) is 43.5 Å². The van der Waals surface area contributed by atoms with E-state index in [4.69, 9.17) is 23.7 Å². The molecule has 5 aliphatic heterocycles. The first-order valence-electron chi connectivity index (χ1n) is 27.3. The highest BCUT2D eigenvalue weighted by molar-refractivity contribution is 6.13. The van der Waals surface area contributed by atoms with Gasteiger partial charge in [0.05, 0.1) is 68.6 Å². The number of aliphatic imine (C=N–C) groups is 1. The Hall–Kier alpha value is -8.53. The molecule has 432 valence electrons. The van der Waals surface area contributed by atoms with Crippen molar-refractivity contribution < 1.29 is 67.1 Å². The maximum atomic E-state index is 14.1. The summed E-state index contributed by atoms with van der Waals surface area (Å²) < 4.78 is 29.3. The van der Waals surface area contributed by atoms with Crippen LogP contribution in [0.1, 0.15) is 125 Å². The van der Waals surface area contributed by atoms with Gasteiger partial charge in [-0.15, -0.1) is 0 Å². The van der Waals surface area contributed by atoms with E-state index in [0.717, 1.165) is 27.4 Å². The number of aliphatic hydroxyl groups excluding tert-OH is 1. The Kier molecular flexibility index (Phi) is 20.8. The highest BCUT2D eigenvalue weighted by atomic mass is 16.6. The minimum absolute atomic E-state index is 0.0642. The lowest BCUT2D eigenvalue weighted by Gasteiger charge is -2.31. The summed E-state index contributed by atoms with van der Waals surface area (Å²) in [7, 11) is 2.96. The Balaban J connectivity index is 0.00000308. The number of carbonyl (C=O) groups excluding carboxylic acids is 8. The fraction of sp³-hybridized carbons (Fsp3) is 0.441. The standard InChI is InChI=1S/C56H64N8O14.C3H8/c1-33-22-38-28-57-41-26-46(44(74-4)24-39(41)53(70)62(38)30-33)76-20-10-7-11-21-77-47-27-42-40(25-45(47)75-5)54(71)63-31-34(2)23-43(63)55(72)64(42)56(73)78-32-36-13-15-37(16-14-36)60-52(69)35(3)59-49(66)29-58-48(65)12-8-6-9-19-61-50(67)17-18-51(61)68;1-3-2/h13-18,24-28,30-31,35,38,43,55,72H,6-12,19-23,29,32H2,1-5H3,(H,58,65)(H,59,66)(H,60,69);3H2,1-2H3. The third kappa shape index (κ3) is 15.0. The average molecular weight is 1120 g/mol. The zero-order valence-corrected chi connectivity index (χ0v) is 46.9. The summed E-state index contributed by atoms with van der Waals surface area (Å²) in [4.78, 5) is 113. The van der Waals surface area contributed by atoms with Crippen molar-refractivity contribution in [1.82, 2.24) is 25.3 Å². The van der Waals surface area contributed by atoms with Gasteiger partial charge in [-0.1, -0.05) is 50.0 Å². The smallest absolute Gasteiger partial charge is 0.416 e. The zero-order chi connectivity index (χ0) is 58.3. The second-order valence-electron chi connectivity index (χ2n) is 20.3. The van der Waals surface area contributed by atoms with E-state index in [0.29, 0.717) is 85.6 Å². The number of nitrogens with zero attached hydrogens (tertiary/aromatic N) is 5. The van der Waals surface area contributed by atoms with Gasteiger partial charge < -0.3 is 54.5 Å². The predicted octanol–water partition coefficient (Wildman–Crippen LogP) is 7.22. The van der Waals surface area contributed by atoms with E-state index in [1.807, 2.05) is 20.0 Å². The number of carbonyl (C=O) groups is 8. The summed E-state index contributed by atoms with van der Waals surface area (Å²) in [5.41, 5.74) is 3.96. The van der Waals surface area contributed by atoms with Crippen molar-refractivity contribution in [2.75, 3.05) is 50.7 Å². The summed E-state index contributed by atoms with van der Waals surface area (Å²) >= 11 is 0. The van der Waals surface area contributed by atoms with E-state index in [1.165, 1.54) is 56.7 Å². The molecule has 0 saturated heterocycles. The van der Waals surface area contributed by atoms with Crippen LogP contribution in [0.5, 0.6) is 23.0 Å². The molecule has 22 heteroatoms. The van der Waals surface area contributed by atoms with Gasteiger partial charge >= 0.3 is 6.09 Å². The Labute approximate surface area is 471 Å². The lowest BCUT2D eigenvalue weighted by atomic mass is 10.1. The number of methoxy groups -OCH3 is 2. The van der Waals surface area contributed by atoms with Crippen LogP contribution < -0.4 is 39.8 Å². The first kappa shape index (κ1) is 60.1. The second kappa shape index (κ2) is 28.1. The maximum absolute atomic E-state index is 14.1. The third-order valence-electron chi connectivity index (χ3n) is 13.7. The molecule has 0 spiro atoms. The lowest BCUT2D eigenvalue weighted by molar-refractivity contribution is -0.137.